The van der Waals surface area contributed by atoms with Crippen molar-refractivity contribution in [3.8, 4) is 0 Å². The normalized spacial score (nSPS) is 15.6. The van der Waals surface area contributed by atoms with Gasteiger partial charge in [-0.1, -0.05) is 0 Å². The Morgan fingerprint density at radius 3 is 2.84 bits per heavy atom. The van der Waals surface area contributed by atoms with Crippen molar-refractivity contribution in [2.45, 2.75) is 38.7 Å². The number of carboxylic acid groups (broad SMARTS) is 1. The van der Waals surface area contributed by atoms with Gasteiger partial charge in [-0.2, -0.15) is 5.10 Å². The molecule has 7 heteroatoms. The van der Waals surface area contributed by atoms with E-state index in [-0.39, 0.29) is 24.5 Å². The van der Waals surface area contributed by atoms with Crippen LogP contribution in [0.25, 0.3) is 0 Å². The van der Waals surface area contributed by atoms with Crippen LogP contribution in [-0.4, -0.2) is 53.6 Å². The number of carbonyl (C=O) groups excluding carboxylic acids is 1. The van der Waals surface area contributed by atoms with E-state index in [9.17, 15) is 9.59 Å². The first kappa shape index (κ1) is 15.4. The molecule has 0 aromatic rings. The van der Waals surface area contributed by atoms with Gasteiger partial charge in [0.2, 0.25) is 5.91 Å². The molecule has 0 aliphatic carbocycles. The summed E-state index contributed by atoms with van der Waals surface area (Å²) in [5.74, 6) is -0.0442. The topological polar surface area (TPSA) is 91.2 Å². The summed E-state index contributed by atoms with van der Waals surface area (Å²) in [5.41, 5.74) is 0.428. The van der Waals surface area contributed by atoms with Crippen molar-refractivity contribution in [1.29, 1.82) is 0 Å². The zero-order valence-corrected chi connectivity index (χ0v) is 11.6. The van der Waals surface area contributed by atoms with E-state index in [1.165, 1.54) is 5.01 Å². The second-order valence-corrected chi connectivity index (χ2v) is 5.06. The quantitative estimate of drug-likeness (QED) is 0.724. The van der Waals surface area contributed by atoms with Crippen molar-refractivity contribution in [3.63, 3.8) is 0 Å². The van der Waals surface area contributed by atoms with Gasteiger partial charge in [-0.25, -0.2) is 9.80 Å². The molecule has 0 spiro atoms. The summed E-state index contributed by atoms with van der Waals surface area (Å²) in [6, 6.07) is 0. The number of nitrogens with one attached hydrogen (secondary N) is 1. The lowest BCUT2D eigenvalue weighted by molar-refractivity contribution is -0.129. The maximum absolute atomic E-state index is 11.7. The van der Waals surface area contributed by atoms with Gasteiger partial charge in [0.05, 0.1) is 12.0 Å². The van der Waals surface area contributed by atoms with Crippen LogP contribution in [0.3, 0.4) is 0 Å². The van der Waals surface area contributed by atoms with Crippen LogP contribution in [0.4, 0.5) is 4.79 Å². The third-order valence-electron chi connectivity index (χ3n) is 3.07. The maximum atomic E-state index is 11.7. The number of nitrogens with zero attached hydrogens (tertiary/aromatic N) is 2. The zero-order valence-electron chi connectivity index (χ0n) is 11.6. The molecule has 7 nitrogen and oxygen atoms in total. The number of hydrogen-bond donors (Lipinski definition) is 2. The van der Waals surface area contributed by atoms with Crippen LogP contribution in [0.2, 0.25) is 0 Å². The summed E-state index contributed by atoms with van der Waals surface area (Å²) in [7, 11) is 1.64. The molecular formula is C12H21N3O4. The second kappa shape index (κ2) is 6.51. The Morgan fingerprint density at radius 1 is 1.58 bits per heavy atom. The van der Waals surface area contributed by atoms with Crippen LogP contribution in [0.15, 0.2) is 5.10 Å². The number of rotatable bonds is 7. The van der Waals surface area contributed by atoms with Gasteiger partial charge in [0.1, 0.15) is 0 Å². The highest BCUT2D eigenvalue weighted by Crippen LogP contribution is 2.17. The lowest BCUT2D eigenvalue weighted by Crippen LogP contribution is -2.30. The zero-order chi connectivity index (χ0) is 14.5. The highest BCUT2D eigenvalue weighted by atomic mass is 16.5. The maximum Gasteiger partial charge on any atom is 0.404 e. The van der Waals surface area contributed by atoms with Crippen LogP contribution in [0.1, 0.15) is 33.1 Å². The number of hydrazone groups is 1. The minimum atomic E-state index is -1.07. The third-order valence-corrected chi connectivity index (χ3v) is 3.07. The molecule has 2 amide bonds. The Hall–Kier alpha value is -1.63. The van der Waals surface area contributed by atoms with Crippen molar-refractivity contribution in [2.24, 2.45) is 5.10 Å². The van der Waals surface area contributed by atoms with E-state index in [0.29, 0.717) is 25.1 Å². The Balaban J connectivity index is 2.41. The van der Waals surface area contributed by atoms with Gasteiger partial charge in [0, 0.05) is 32.3 Å². The molecule has 0 aromatic carbocycles. The van der Waals surface area contributed by atoms with Crippen molar-refractivity contribution in [2.75, 3.05) is 20.2 Å². The van der Waals surface area contributed by atoms with Crippen molar-refractivity contribution >= 4 is 17.7 Å². The standard InChI is InChI=1S/C12H21N3O4/c1-12(2,19-3)5-7-15-10(16)8-9(14-15)4-6-13-11(17)18/h13H,4-8H2,1-3H3,(H,17,18). The second-order valence-electron chi connectivity index (χ2n) is 5.06. The summed E-state index contributed by atoms with van der Waals surface area (Å²) < 4.78 is 5.29. The molecule has 1 rings (SSSR count). The van der Waals surface area contributed by atoms with E-state index in [2.05, 4.69) is 10.4 Å². The highest BCUT2D eigenvalue weighted by molar-refractivity contribution is 6.05. The van der Waals surface area contributed by atoms with Gasteiger partial charge in [-0.15, -0.1) is 0 Å². The van der Waals surface area contributed by atoms with Crippen molar-refractivity contribution in [3.05, 3.63) is 0 Å². The fraction of sp³-hybridized carbons (Fsp3) is 0.750. The van der Waals surface area contributed by atoms with Crippen LogP contribution in [0.5, 0.6) is 0 Å². The molecule has 0 unspecified atom stereocenters. The number of amides is 2. The van der Waals surface area contributed by atoms with Gasteiger partial charge in [0.25, 0.3) is 0 Å². The molecule has 0 fully saturated rings. The number of carbonyl (C=O) groups is 2. The molecule has 19 heavy (non-hydrogen) atoms. The summed E-state index contributed by atoms with van der Waals surface area (Å²) in [4.78, 5) is 22.0. The predicted octanol–water partition coefficient (Wildman–Crippen LogP) is 1.05. The minimum absolute atomic E-state index is 0.0442. The number of ether oxygens (including phenoxy) is 1. The Bertz CT molecular complexity index is 379. The van der Waals surface area contributed by atoms with Crippen LogP contribution in [-0.2, 0) is 9.53 Å². The Labute approximate surface area is 112 Å². The fourth-order valence-corrected chi connectivity index (χ4v) is 1.63. The SMILES string of the molecule is COC(C)(C)CCN1N=C(CCNC(=O)O)CC1=O. The van der Waals surface area contributed by atoms with Gasteiger partial charge < -0.3 is 15.2 Å². The molecule has 0 bridgehead atoms. The van der Waals surface area contributed by atoms with E-state index < -0.39 is 6.09 Å². The van der Waals surface area contributed by atoms with Crippen LogP contribution in [0, 0.1) is 0 Å². The summed E-state index contributed by atoms with van der Waals surface area (Å²) in [6.45, 7) is 4.69. The van der Waals surface area contributed by atoms with Crippen molar-refractivity contribution < 1.29 is 19.4 Å². The summed E-state index contributed by atoms with van der Waals surface area (Å²) in [6.07, 6.45) is 0.361. The molecule has 1 heterocycles. The van der Waals surface area contributed by atoms with E-state index in [0.717, 1.165) is 0 Å². The Kier molecular flexibility index (Phi) is 5.29. The third kappa shape index (κ3) is 5.25. The van der Waals surface area contributed by atoms with Crippen molar-refractivity contribution in [1.82, 2.24) is 10.3 Å². The fourth-order valence-electron chi connectivity index (χ4n) is 1.63. The summed E-state index contributed by atoms with van der Waals surface area (Å²) in [5, 5.41) is 16.4. The highest BCUT2D eigenvalue weighted by Gasteiger charge is 2.26. The van der Waals surface area contributed by atoms with Gasteiger partial charge >= 0.3 is 6.09 Å². The molecule has 0 radical (unpaired) electrons. The number of hydrogen-bond acceptors (Lipinski definition) is 4. The largest absolute Gasteiger partial charge is 0.465 e. The molecule has 0 atom stereocenters. The molecular weight excluding hydrogens is 250 g/mol. The van der Waals surface area contributed by atoms with Gasteiger partial charge in [-0.05, 0) is 20.3 Å². The lowest BCUT2D eigenvalue weighted by Gasteiger charge is -2.24. The predicted molar refractivity (Wildman–Crippen MR) is 70.1 cm³/mol. The summed E-state index contributed by atoms with van der Waals surface area (Å²) >= 11 is 0. The van der Waals surface area contributed by atoms with Gasteiger partial charge in [0.15, 0.2) is 0 Å². The average Bonchev–Trinajstić information content (AvgIpc) is 2.67. The van der Waals surface area contributed by atoms with E-state index in [1.807, 2.05) is 13.8 Å². The Morgan fingerprint density at radius 2 is 2.26 bits per heavy atom. The first-order valence-corrected chi connectivity index (χ1v) is 6.23. The van der Waals surface area contributed by atoms with E-state index >= 15 is 0 Å². The molecule has 0 saturated heterocycles. The molecule has 0 aromatic heterocycles. The number of methoxy groups -OCH3 is 1. The first-order chi connectivity index (χ1) is 8.84. The molecule has 2 N–H and O–H groups in total. The van der Waals surface area contributed by atoms with Crippen LogP contribution >= 0.6 is 0 Å². The molecule has 0 saturated carbocycles. The smallest absolute Gasteiger partial charge is 0.404 e. The van der Waals surface area contributed by atoms with E-state index in [4.69, 9.17) is 9.84 Å². The van der Waals surface area contributed by atoms with Gasteiger partial charge in [-0.3, -0.25) is 4.79 Å². The molecule has 108 valence electrons. The lowest BCUT2D eigenvalue weighted by atomic mass is 10.1. The minimum Gasteiger partial charge on any atom is -0.465 e. The van der Waals surface area contributed by atoms with E-state index in [1.54, 1.807) is 7.11 Å². The average molecular weight is 271 g/mol. The monoisotopic (exact) mass is 271 g/mol. The first-order valence-electron chi connectivity index (χ1n) is 6.23. The molecule has 1 aliphatic rings. The molecule has 1 aliphatic heterocycles. The van der Waals surface area contributed by atoms with Crippen LogP contribution < -0.4 is 5.32 Å².